The van der Waals surface area contributed by atoms with Crippen LogP contribution < -0.4 is 5.14 Å². The van der Waals surface area contributed by atoms with Gasteiger partial charge in [0.05, 0.1) is 11.4 Å². The highest BCUT2D eigenvalue weighted by Gasteiger charge is 2.28. The number of amides is 1. The van der Waals surface area contributed by atoms with Crippen LogP contribution in [0.15, 0.2) is 0 Å². The van der Waals surface area contributed by atoms with Crippen molar-refractivity contribution < 1.29 is 13.2 Å². The van der Waals surface area contributed by atoms with Crippen LogP contribution in [0.25, 0.3) is 0 Å². The number of rotatable bonds is 5. The Hall–Kier alpha value is -1.41. The van der Waals surface area contributed by atoms with Crippen LogP contribution in [0.4, 0.5) is 0 Å². The molecule has 1 aliphatic rings. The molecule has 1 aromatic rings. The number of aromatic nitrogens is 2. The molecule has 0 aromatic carbocycles. The van der Waals surface area contributed by atoms with Gasteiger partial charge in [-0.2, -0.15) is 5.10 Å². The van der Waals surface area contributed by atoms with Crippen molar-refractivity contribution in [3.8, 4) is 0 Å². The van der Waals surface area contributed by atoms with Gasteiger partial charge < -0.3 is 4.90 Å². The maximum Gasteiger partial charge on any atom is 0.222 e. The Morgan fingerprint density at radius 2 is 2.09 bits per heavy atom. The normalized spacial score (nSPS) is 18.9. The number of carbonyl (C=O) groups is 1. The summed E-state index contributed by atoms with van der Waals surface area (Å²) in [5, 5.41) is 9.42. The van der Waals surface area contributed by atoms with Crippen LogP contribution in [0.1, 0.15) is 29.8 Å². The fourth-order valence-electron chi connectivity index (χ4n) is 3.09. The van der Waals surface area contributed by atoms with Crippen LogP contribution in [-0.2, 0) is 28.3 Å². The SMILES string of the molecule is Cc1nn(C)c(C)c1CCC(=O)N1CCC(CS(N)(=O)=O)C1. The summed E-state index contributed by atoms with van der Waals surface area (Å²) in [5.41, 5.74) is 3.16. The van der Waals surface area contributed by atoms with Crippen LogP contribution in [0.5, 0.6) is 0 Å². The molecule has 7 nitrogen and oxygen atoms in total. The zero-order valence-electron chi connectivity index (χ0n) is 13.4. The Bertz CT molecular complexity index is 666. The largest absolute Gasteiger partial charge is 0.342 e. The van der Waals surface area contributed by atoms with E-state index < -0.39 is 10.0 Å². The van der Waals surface area contributed by atoms with Gasteiger partial charge in [0, 0.05) is 32.3 Å². The first kappa shape index (κ1) is 17.0. The summed E-state index contributed by atoms with van der Waals surface area (Å²) < 4.78 is 24.1. The summed E-state index contributed by atoms with van der Waals surface area (Å²) in [6.45, 7) is 5.05. The second-order valence-corrected chi connectivity index (χ2v) is 7.76. The van der Waals surface area contributed by atoms with E-state index in [2.05, 4.69) is 5.10 Å². The summed E-state index contributed by atoms with van der Waals surface area (Å²) in [5.74, 6) is -0.0159. The van der Waals surface area contributed by atoms with E-state index in [9.17, 15) is 13.2 Å². The molecule has 0 bridgehead atoms. The van der Waals surface area contributed by atoms with Gasteiger partial charge in [-0.05, 0) is 38.2 Å². The molecule has 22 heavy (non-hydrogen) atoms. The summed E-state index contributed by atoms with van der Waals surface area (Å²) in [6.07, 6.45) is 1.79. The lowest BCUT2D eigenvalue weighted by Crippen LogP contribution is -2.31. The highest BCUT2D eigenvalue weighted by Crippen LogP contribution is 2.20. The van der Waals surface area contributed by atoms with Crippen LogP contribution in [-0.4, -0.2) is 47.8 Å². The molecule has 1 aromatic heterocycles. The zero-order chi connectivity index (χ0) is 16.5. The Morgan fingerprint density at radius 1 is 1.41 bits per heavy atom. The second kappa shape index (κ2) is 6.37. The second-order valence-electron chi connectivity index (χ2n) is 6.10. The smallest absolute Gasteiger partial charge is 0.222 e. The molecule has 1 amide bonds. The molecule has 1 saturated heterocycles. The molecule has 0 spiro atoms. The average Bonchev–Trinajstić information content (AvgIpc) is 2.92. The Morgan fingerprint density at radius 3 is 2.64 bits per heavy atom. The molecule has 1 atom stereocenters. The van der Waals surface area contributed by atoms with Gasteiger partial charge in [0.25, 0.3) is 0 Å². The summed E-state index contributed by atoms with van der Waals surface area (Å²) >= 11 is 0. The molecule has 0 radical (unpaired) electrons. The molecule has 1 fully saturated rings. The topological polar surface area (TPSA) is 98.3 Å². The van der Waals surface area contributed by atoms with Crippen LogP contribution in [0, 0.1) is 19.8 Å². The van der Waals surface area contributed by atoms with Gasteiger partial charge in [-0.1, -0.05) is 0 Å². The van der Waals surface area contributed by atoms with Gasteiger partial charge in [0.15, 0.2) is 0 Å². The summed E-state index contributed by atoms with van der Waals surface area (Å²) in [7, 11) is -1.57. The molecule has 0 aliphatic carbocycles. The van der Waals surface area contributed by atoms with E-state index in [0.29, 0.717) is 32.4 Å². The zero-order valence-corrected chi connectivity index (χ0v) is 14.2. The monoisotopic (exact) mass is 328 g/mol. The third kappa shape index (κ3) is 4.07. The number of carbonyl (C=O) groups excluding carboxylic acids is 1. The lowest BCUT2D eigenvalue weighted by atomic mass is 10.1. The molecule has 1 aliphatic heterocycles. The Balaban J connectivity index is 1.88. The number of likely N-dealkylation sites (tertiary alicyclic amines) is 1. The predicted octanol–water partition coefficient (Wildman–Crippen LogP) is 0.107. The van der Waals surface area contributed by atoms with Crippen LogP contribution >= 0.6 is 0 Å². The van der Waals surface area contributed by atoms with Crippen molar-refractivity contribution in [2.75, 3.05) is 18.8 Å². The number of nitrogens with two attached hydrogens (primary N) is 1. The average molecular weight is 328 g/mol. The molecule has 0 saturated carbocycles. The maximum absolute atomic E-state index is 12.3. The van der Waals surface area contributed by atoms with Crippen molar-refractivity contribution in [1.29, 1.82) is 0 Å². The van der Waals surface area contributed by atoms with Gasteiger partial charge >= 0.3 is 0 Å². The van der Waals surface area contributed by atoms with Crippen molar-refractivity contribution in [3.05, 3.63) is 17.0 Å². The molecule has 124 valence electrons. The van der Waals surface area contributed by atoms with E-state index in [4.69, 9.17) is 5.14 Å². The van der Waals surface area contributed by atoms with E-state index in [1.165, 1.54) is 0 Å². The molecule has 8 heteroatoms. The van der Waals surface area contributed by atoms with E-state index in [-0.39, 0.29) is 17.6 Å². The number of nitrogens with zero attached hydrogens (tertiary/aromatic N) is 3. The molecule has 2 heterocycles. The van der Waals surface area contributed by atoms with Gasteiger partial charge in [0.1, 0.15) is 0 Å². The van der Waals surface area contributed by atoms with Crippen molar-refractivity contribution in [2.24, 2.45) is 18.1 Å². The maximum atomic E-state index is 12.3. The van der Waals surface area contributed by atoms with Gasteiger partial charge in [-0.3, -0.25) is 9.48 Å². The standard InChI is InChI=1S/C14H24N4O3S/c1-10-13(11(2)17(3)16-10)4-5-14(19)18-7-6-12(8-18)9-22(15,20)21/h12H,4-9H2,1-3H3,(H2,15,20,21). The van der Waals surface area contributed by atoms with Crippen LogP contribution in [0.2, 0.25) is 0 Å². The quantitative estimate of drug-likeness (QED) is 0.829. The lowest BCUT2D eigenvalue weighted by Gasteiger charge is -2.16. The number of hydrogen-bond acceptors (Lipinski definition) is 4. The minimum Gasteiger partial charge on any atom is -0.342 e. The predicted molar refractivity (Wildman–Crippen MR) is 83.7 cm³/mol. The molecular formula is C14H24N4O3S. The number of hydrogen-bond donors (Lipinski definition) is 1. The number of sulfonamides is 1. The van der Waals surface area contributed by atoms with Crippen LogP contribution in [0.3, 0.4) is 0 Å². The third-order valence-corrected chi connectivity index (χ3v) is 5.29. The lowest BCUT2D eigenvalue weighted by molar-refractivity contribution is -0.130. The van der Waals surface area contributed by atoms with E-state index in [1.807, 2.05) is 25.6 Å². The molecule has 2 rings (SSSR count). The number of primary sulfonamides is 1. The first-order valence-electron chi connectivity index (χ1n) is 7.44. The molecule has 2 N–H and O–H groups in total. The molecule has 1 unspecified atom stereocenters. The van der Waals surface area contributed by atoms with E-state index in [0.717, 1.165) is 17.0 Å². The van der Waals surface area contributed by atoms with Gasteiger partial charge in [0.2, 0.25) is 15.9 Å². The van der Waals surface area contributed by atoms with Crippen molar-refractivity contribution in [1.82, 2.24) is 14.7 Å². The minimum absolute atomic E-state index is 0.0409. The first-order valence-corrected chi connectivity index (χ1v) is 9.16. The van der Waals surface area contributed by atoms with Crippen molar-refractivity contribution >= 4 is 15.9 Å². The van der Waals surface area contributed by atoms with E-state index >= 15 is 0 Å². The van der Waals surface area contributed by atoms with Crippen molar-refractivity contribution in [3.63, 3.8) is 0 Å². The first-order chi connectivity index (χ1) is 10.2. The highest BCUT2D eigenvalue weighted by atomic mass is 32.2. The molecular weight excluding hydrogens is 304 g/mol. The van der Waals surface area contributed by atoms with Gasteiger partial charge in [-0.15, -0.1) is 0 Å². The Kier molecular flexibility index (Phi) is 4.91. The third-order valence-electron chi connectivity index (χ3n) is 4.35. The van der Waals surface area contributed by atoms with Crippen molar-refractivity contribution in [2.45, 2.75) is 33.1 Å². The number of aryl methyl sites for hydroxylation is 2. The Labute approximate surface area is 131 Å². The summed E-state index contributed by atoms with van der Waals surface area (Å²) in [6, 6.07) is 0. The summed E-state index contributed by atoms with van der Waals surface area (Å²) in [4.78, 5) is 14.0. The van der Waals surface area contributed by atoms with Gasteiger partial charge in [-0.25, -0.2) is 13.6 Å². The minimum atomic E-state index is -3.47. The fourth-order valence-corrected chi connectivity index (χ4v) is 4.02. The highest BCUT2D eigenvalue weighted by molar-refractivity contribution is 7.89. The fraction of sp³-hybridized carbons (Fsp3) is 0.714. The van der Waals surface area contributed by atoms with E-state index in [1.54, 1.807) is 4.90 Å².